The lowest BCUT2D eigenvalue weighted by Gasteiger charge is -2.11. The summed E-state index contributed by atoms with van der Waals surface area (Å²) in [7, 11) is 0. The van der Waals surface area contributed by atoms with Crippen LogP contribution in [0.25, 0.3) is 0 Å². The SMILES string of the molecule is CC(C)Oc1cccc(CCC2(N)CC2)n1. The Morgan fingerprint density at radius 2 is 2.19 bits per heavy atom. The smallest absolute Gasteiger partial charge is 0.213 e. The summed E-state index contributed by atoms with van der Waals surface area (Å²) in [5.74, 6) is 0.717. The van der Waals surface area contributed by atoms with Crippen molar-refractivity contribution in [2.24, 2.45) is 5.73 Å². The predicted octanol–water partition coefficient (Wildman–Crippen LogP) is 2.29. The molecule has 0 bridgehead atoms. The summed E-state index contributed by atoms with van der Waals surface area (Å²) in [6.07, 6.45) is 4.48. The lowest BCUT2D eigenvalue weighted by Crippen LogP contribution is -2.22. The van der Waals surface area contributed by atoms with Crippen LogP contribution < -0.4 is 10.5 Å². The van der Waals surface area contributed by atoms with Gasteiger partial charge >= 0.3 is 0 Å². The highest BCUT2D eigenvalue weighted by Gasteiger charge is 2.37. The van der Waals surface area contributed by atoms with Gasteiger partial charge in [0.2, 0.25) is 5.88 Å². The average Bonchev–Trinajstić information content (AvgIpc) is 2.94. The number of ether oxygens (including phenoxy) is 1. The number of aryl methyl sites for hydroxylation is 1. The summed E-state index contributed by atoms with van der Waals surface area (Å²) in [5.41, 5.74) is 7.24. The topological polar surface area (TPSA) is 48.1 Å². The Kier molecular flexibility index (Phi) is 3.15. The van der Waals surface area contributed by atoms with Crippen molar-refractivity contribution >= 4 is 0 Å². The van der Waals surface area contributed by atoms with Gasteiger partial charge in [-0.25, -0.2) is 4.98 Å². The Labute approximate surface area is 97.0 Å². The largest absolute Gasteiger partial charge is 0.475 e. The van der Waals surface area contributed by atoms with Gasteiger partial charge < -0.3 is 10.5 Å². The highest BCUT2D eigenvalue weighted by Crippen LogP contribution is 2.36. The summed E-state index contributed by atoms with van der Waals surface area (Å²) in [4.78, 5) is 4.47. The van der Waals surface area contributed by atoms with Crippen LogP contribution in [0.1, 0.15) is 38.8 Å². The first-order valence-corrected chi connectivity index (χ1v) is 5.99. The lowest BCUT2D eigenvalue weighted by molar-refractivity contribution is 0.232. The minimum absolute atomic E-state index is 0.108. The maximum Gasteiger partial charge on any atom is 0.213 e. The van der Waals surface area contributed by atoms with Gasteiger partial charge in [-0.3, -0.25) is 0 Å². The second kappa shape index (κ2) is 4.42. The first-order chi connectivity index (χ1) is 7.57. The highest BCUT2D eigenvalue weighted by molar-refractivity contribution is 5.17. The highest BCUT2D eigenvalue weighted by atomic mass is 16.5. The van der Waals surface area contributed by atoms with Crippen molar-refractivity contribution < 1.29 is 4.74 Å². The van der Waals surface area contributed by atoms with E-state index in [9.17, 15) is 0 Å². The van der Waals surface area contributed by atoms with E-state index in [1.807, 2.05) is 32.0 Å². The molecule has 0 saturated heterocycles. The third-order valence-electron chi connectivity index (χ3n) is 2.91. The Hall–Kier alpha value is -1.09. The zero-order chi connectivity index (χ0) is 11.6. The molecule has 0 atom stereocenters. The van der Waals surface area contributed by atoms with Crippen LogP contribution in [0.3, 0.4) is 0 Å². The van der Waals surface area contributed by atoms with Gasteiger partial charge in [0.1, 0.15) is 0 Å². The van der Waals surface area contributed by atoms with Crippen molar-refractivity contribution in [1.29, 1.82) is 0 Å². The number of nitrogens with two attached hydrogens (primary N) is 1. The van der Waals surface area contributed by atoms with E-state index in [0.29, 0.717) is 0 Å². The van der Waals surface area contributed by atoms with Crippen molar-refractivity contribution in [3.63, 3.8) is 0 Å². The van der Waals surface area contributed by atoms with Crippen LogP contribution in [0.5, 0.6) is 5.88 Å². The van der Waals surface area contributed by atoms with Gasteiger partial charge in [-0.2, -0.15) is 0 Å². The zero-order valence-corrected chi connectivity index (χ0v) is 10.1. The quantitative estimate of drug-likeness (QED) is 0.828. The molecule has 0 spiro atoms. The van der Waals surface area contributed by atoms with Gasteiger partial charge in [0.05, 0.1) is 6.10 Å². The first kappa shape index (κ1) is 11.4. The van der Waals surface area contributed by atoms with Crippen LogP contribution in [0.2, 0.25) is 0 Å². The summed E-state index contributed by atoms with van der Waals surface area (Å²) in [6, 6.07) is 5.94. The second-order valence-electron chi connectivity index (χ2n) is 5.00. The van der Waals surface area contributed by atoms with E-state index >= 15 is 0 Å². The van der Waals surface area contributed by atoms with Crippen molar-refractivity contribution in [2.75, 3.05) is 0 Å². The fraction of sp³-hybridized carbons (Fsp3) is 0.615. The minimum atomic E-state index is 0.108. The van der Waals surface area contributed by atoms with Crippen LogP contribution >= 0.6 is 0 Å². The molecule has 0 aromatic carbocycles. The number of hydrogen-bond donors (Lipinski definition) is 1. The monoisotopic (exact) mass is 220 g/mol. The molecule has 0 radical (unpaired) electrons. The van der Waals surface area contributed by atoms with Crippen molar-refractivity contribution in [2.45, 2.75) is 51.2 Å². The van der Waals surface area contributed by atoms with Crippen molar-refractivity contribution in [3.05, 3.63) is 23.9 Å². The normalized spacial score (nSPS) is 17.5. The number of hydrogen-bond acceptors (Lipinski definition) is 3. The average molecular weight is 220 g/mol. The summed E-state index contributed by atoms with van der Waals surface area (Å²) in [6.45, 7) is 4.01. The second-order valence-corrected chi connectivity index (χ2v) is 5.00. The van der Waals surface area contributed by atoms with Crippen molar-refractivity contribution in [1.82, 2.24) is 4.98 Å². The van der Waals surface area contributed by atoms with E-state index < -0.39 is 0 Å². The number of rotatable bonds is 5. The molecule has 1 aromatic heterocycles. The Morgan fingerprint density at radius 3 is 2.81 bits per heavy atom. The molecule has 1 heterocycles. The molecule has 1 saturated carbocycles. The number of pyridine rings is 1. The van der Waals surface area contributed by atoms with E-state index in [1.165, 1.54) is 0 Å². The van der Waals surface area contributed by atoms with E-state index in [-0.39, 0.29) is 11.6 Å². The molecule has 16 heavy (non-hydrogen) atoms. The van der Waals surface area contributed by atoms with E-state index in [0.717, 1.165) is 37.3 Å². The Morgan fingerprint density at radius 1 is 1.44 bits per heavy atom. The first-order valence-electron chi connectivity index (χ1n) is 5.99. The predicted molar refractivity (Wildman–Crippen MR) is 64.5 cm³/mol. The van der Waals surface area contributed by atoms with Crippen molar-refractivity contribution in [3.8, 4) is 5.88 Å². The lowest BCUT2D eigenvalue weighted by atomic mass is 10.1. The van der Waals surface area contributed by atoms with Gasteiger partial charge in [0, 0.05) is 17.3 Å². The molecule has 1 aromatic rings. The molecule has 1 fully saturated rings. The summed E-state index contributed by atoms with van der Waals surface area (Å²) < 4.78 is 5.56. The fourth-order valence-electron chi connectivity index (χ4n) is 1.69. The molecule has 0 aliphatic heterocycles. The minimum Gasteiger partial charge on any atom is -0.475 e. The molecule has 0 unspecified atom stereocenters. The number of aromatic nitrogens is 1. The van der Waals surface area contributed by atoms with Crippen LogP contribution in [0.15, 0.2) is 18.2 Å². The van der Waals surface area contributed by atoms with Gasteiger partial charge in [-0.15, -0.1) is 0 Å². The summed E-state index contributed by atoms with van der Waals surface area (Å²) >= 11 is 0. The molecule has 0 amide bonds. The van der Waals surface area contributed by atoms with Crippen LogP contribution in [0, 0.1) is 0 Å². The third kappa shape index (κ3) is 3.20. The van der Waals surface area contributed by atoms with Crippen LogP contribution in [-0.2, 0) is 6.42 Å². The van der Waals surface area contributed by atoms with E-state index in [4.69, 9.17) is 10.5 Å². The van der Waals surface area contributed by atoms with Gasteiger partial charge in [-0.1, -0.05) is 6.07 Å². The molecular weight excluding hydrogens is 200 g/mol. The van der Waals surface area contributed by atoms with Crippen LogP contribution in [0.4, 0.5) is 0 Å². The molecule has 2 N–H and O–H groups in total. The molecular formula is C13H20N2O. The molecule has 88 valence electrons. The van der Waals surface area contributed by atoms with Gasteiger partial charge in [0.15, 0.2) is 0 Å². The molecule has 1 aliphatic carbocycles. The molecule has 3 nitrogen and oxygen atoms in total. The van der Waals surface area contributed by atoms with E-state index in [1.54, 1.807) is 0 Å². The molecule has 1 aliphatic rings. The Balaban J connectivity index is 1.93. The van der Waals surface area contributed by atoms with Crippen LogP contribution in [-0.4, -0.2) is 16.6 Å². The van der Waals surface area contributed by atoms with Gasteiger partial charge in [-0.05, 0) is 45.6 Å². The maximum absolute atomic E-state index is 6.05. The maximum atomic E-state index is 6.05. The summed E-state index contributed by atoms with van der Waals surface area (Å²) in [5, 5.41) is 0. The molecule has 2 rings (SSSR count). The standard InChI is InChI=1S/C13H20N2O/c1-10(2)16-12-5-3-4-11(15-12)6-7-13(14)8-9-13/h3-5,10H,6-9,14H2,1-2H3. The number of nitrogens with zero attached hydrogens (tertiary/aromatic N) is 1. The molecule has 3 heteroatoms. The fourth-order valence-corrected chi connectivity index (χ4v) is 1.69. The van der Waals surface area contributed by atoms with Gasteiger partial charge in [0.25, 0.3) is 0 Å². The Bertz CT molecular complexity index is 359. The van der Waals surface area contributed by atoms with E-state index in [2.05, 4.69) is 4.98 Å². The zero-order valence-electron chi connectivity index (χ0n) is 10.1. The third-order valence-corrected chi connectivity index (χ3v) is 2.91.